The quantitative estimate of drug-likeness (QED) is 0.523. The summed E-state index contributed by atoms with van der Waals surface area (Å²) in [4.78, 5) is 3.65. The Labute approximate surface area is 110 Å². The molecule has 1 N–H and O–H groups in total. The maximum atomic E-state index is 11.7. The lowest BCUT2D eigenvalue weighted by Gasteiger charge is -2.06. The van der Waals surface area contributed by atoms with Gasteiger partial charge in [0, 0.05) is 14.1 Å². The van der Waals surface area contributed by atoms with Crippen LogP contribution in [0.25, 0.3) is 0 Å². The highest BCUT2D eigenvalue weighted by Gasteiger charge is 2.14. The van der Waals surface area contributed by atoms with E-state index in [1.54, 1.807) is 19.0 Å². The maximum Gasteiger partial charge on any atom is 0.276 e. The van der Waals surface area contributed by atoms with E-state index in [0.29, 0.717) is 5.02 Å². The van der Waals surface area contributed by atoms with Gasteiger partial charge in [-0.15, -0.1) is 0 Å². The summed E-state index contributed by atoms with van der Waals surface area (Å²) in [5.41, 5.74) is 0. The van der Waals surface area contributed by atoms with Gasteiger partial charge in [-0.2, -0.15) is 18.4 Å². The highest BCUT2D eigenvalue weighted by molar-refractivity contribution is 7.89. The Hall–Kier alpha value is -0.980. The second-order valence-corrected chi connectivity index (χ2v) is 5.85. The van der Waals surface area contributed by atoms with Crippen molar-refractivity contribution in [3.05, 3.63) is 28.2 Å². The van der Waals surface area contributed by atoms with E-state index in [2.05, 4.69) is 9.93 Å². The first kappa shape index (κ1) is 14.1. The number of hydrogen-bond acceptors (Lipinski definition) is 3. The molecule has 1 rings (SSSR count). The molecular formula is C9H11Cl2N3O2S. The van der Waals surface area contributed by atoms with E-state index in [1.165, 1.54) is 24.5 Å². The predicted molar refractivity (Wildman–Crippen MR) is 69.0 cm³/mol. The van der Waals surface area contributed by atoms with Gasteiger partial charge in [-0.25, -0.2) is 0 Å². The monoisotopic (exact) mass is 295 g/mol. The highest BCUT2D eigenvalue weighted by Crippen LogP contribution is 2.24. The minimum absolute atomic E-state index is 0.00260. The van der Waals surface area contributed by atoms with E-state index < -0.39 is 10.0 Å². The number of sulfonamides is 1. The van der Waals surface area contributed by atoms with E-state index >= 15 is 0 Å². The van der Waals surface area contributed by atoms with E-state index in [0.717, 1.165) is 0 Å². The molecule has 5 nitrogen and oxygen atoms in total. The summed E-state index contributed by atoms with van der Waals surface area (Å²) in [6, 6.07) is 4.02. The zero-order chi connectivity index (χ0) is 13.1. The molecule has 0 saturated carbocycles. The molecule has 94 valence electrons. The number of nitrogens with zero attached hydrogens (tertiary/aromatic N) is 2. The van der Waals surface area contributed by atoms with Crippen LogP contribution in [0.3, 0.4) is 0 Å². The van der Waals surface area contributed by atoms with Crippen LogP contribution in [0, 0.1) is 0 Å². The fourth-order valence-electron chi connectivity index (χ4n) is 0.905. The smallest absolute Gasteiger partial charge is 0.276 e. The van der Waals surface area contributed by atoms with Crippen molar-refractivity contribution in [3.8, 4) is 0 Å². The fraction of sp³-hybridized carbons (Fsp3) is 0.222. The summed E-state index contributed by atoms with van der Waals surface area (Å²) in [6.45, 7) is 0. The van der Waals surface area contributed by atoms with Crippen molar-refractivity contribution in [2.75, 3.05) is 14.1 Å². The molecule has 0 saturated heterocycles. The number of hydrogen-bond donors (Lipinski definition) is 1. The number of benzene rings is 1. The van der Waals surface area contributed by atoms with Gasteiger partial charge in [-0.1, -0.05) is 23.2 Å². The van der Waals surface area contributed by atoms with Gasteiger partial charge in [0.15, 0.2) is 0 Å². The molecule has 0 heterocycles. The molecule has 0 spiro atoms. The lowest BCUT2D eigenvalue weighted by molar-refractivity contribution is 0.581. The first-order valence-corrected chi connectivity index (χ1v) is 6.73. The molecule has 0 radical (unpaired) electrons. The Morgan fingerprint density at radius 3 is 2.47 bits per heavy atom. The largest absolute Gasteiger partial charge is 0.367 e. The van der Waals surface area contributed by atoms with Gasteiger partial charge in [0.25, 0.3) is 10.0 Å². The van der Waals surface area contributed by atoms with Crippen LogP contribution < -0.4 is 4.83 Å². The third kappa shape index (κ3) is 4.07. The SMILES string of the molecule is CN(C)/C=N\NS(=O)(=O)c1ccc(Cl)c(Cl)c1. The Morgan fingerprint density at radius 2 is 1.94 bits per heavy atom. The lowest BCUT2D eigenvalue weighted by Crippen LogP contribution is -2.20. The Bertz CT molecular complexity index is 529. The van der Waals surface area contributed by atoms with Crippen LogP contribution in [0.2, 0.25) is 10.0 Å². The van der Waals surface area contributed by atoms with Gasteiger partial charge in [-0.05, 0) is 18.2 Å². The molecule has 0 fully saturated rings. The van der Waals surface area contributed by atoms with Gasteiger partial charge < -0.3 is 4.90 Å². The molecule has 1 aromatic rings. The van der Waals surface area contributed by atoms with E-state index in [-0.39, 0.29) is 9.92 Å². The maximum absolute atomic E-state index is 11.7. The predicted octanol–water partition coefficient (Wildman–Crippen LogP) is 1.78. The molecule has 0 bridgehead atoms. The average molecular weight is 296 g/mol. The van der Waals surface area contributed by atoms with Gasteiger partial charge in [0.1, 0.15) is 6.34 Å². The lowest BCUT2D eigenvalue weighted by atomic mass is 10.4. The summed E-state index contributed by atoms with van der Waals surface area (Å²) < 4.78 is 23.5. The van der Waals surface area contributed by atoms with Crippen LogP contribution in [-0.2, 0) is 10.0 Å². The zero-order valence-electron chi connectivity index (χ0n) is 9.18. The zero-order valence-corrected chi connectivity index (χ0v) is 11.5. The molecule has 0 atom stereocenters. The van der Waals surface area contributed by atoms with Crippen molar-refractivity contribution in [3.63, 3.8) is 0 Å². The molecule has 0 aliphatic carbocycles. The van der Waals surface area contributed by atoms with Gasteiger partial charge in [-0.3, -0.25) is 0 Å². The van der Waals surface area contributed by atoms with Crippen LogP contribution in [0.4, 0.5) is 0 Å². The second-order valence-electron chi connectivity index (χ2n) is 3.38. The van der Waals surface area contributed by atoms with Gasteiger partial charge in [0.2, 0.25) is 0 Å². The number of nitrogens with one attached hydrogen (secondary N) is 1. The molecule has 17 heavy (non-hydrogen) atoms. The number of halogens is 2. The molecule has 0 amide bonds. The van der Waals surface area contributed by atoms with Crippen LogP contribution in [0.5, 0.6) is 0 Å². The Balaban J connectivity index is 2.94. The van der Waals surface area contributed by atoms with Crippen molar-refractivity contribution in [1.29, 1.82) is 0 Å². The second kappa shape index (κ2) is 5.57. The minimum atomic E-state index is -3.71. The highest BCUT2D eigenvalue weighted by atomic mass is 35.5. The molecule has 0 aromatic heterocycles. The van der Waals surface area contributed by atoms with Crippen molar-refractivity contribution < 1.29 is 8.42 Å². The number of rotatable bonds is 4. The van der Waals surface area contributed by atoms with Crippen molar-refractivity contribution in [1.82, 2.24) is 9.73 Å². The van der Waals surface area contributed by atoms with Gasteiger partial charge in [0.05, 0.1) is 14.9 Å². The Kier molecular flexibility index (Phi) is 4.62. The molecule has 1 aromatic carbocycles. The molecule has 0 aliphatic rings. The Morgan fingerprint density at radius 1 is 1.29 bits per heavy atom. The van der Waals surface area contributed by atoms with Crippen LogP contribution in [-0.4, -0.2) is 33.8 Å². The molecule has 0 aliphatic heterocycles. The van der Waals surface area contributed by atoms with Crippen molar-refractivity contribution in [2.45, 2.75) is 4.90 Å². The normalized spacial score (nSPS) is 11.8. The summed E-state index contributed by atoms with van der Waals surface area (Å²) in [7, 11) is -0.274. The summed E-state index contributed by atoms with van der Waals surface area (Å²) in [6.07, 6.45) is 1.33. The van der Waals surface area contributed by atoms with Crippen LogP contribution >= 0.6 is 23.2 Å². The van der Waals surface area contributed by atoms with Gasteiger partial charge >= 0.3 is 0 Å². The summed E-state index contributed by atoms with van der Waals surface area (Å²) in [5, 5.41) is 4.02. The molecular weight excluding hydrogens is 285 g/mol. The fourth-order valence-corrected chi connectivity index (χ4v) is 2.08. The number of hydrazone groups is 1. The van der Waals surface area contributed by atoms with E-state index in [9.17, 15) is 8.42 Å². The van der Waals surface area contributed by atoms with Crippen LogP contribution in [0.1, 0.15) is 0 Å². The van der Waals surface area contributed by atoms with E-state index in [1.807, 2.05) is 0 Å². The average Bonchev–Trinajstić information content (AvgIpc) is 2.21. The summed E-state index contributed by atoms with van der Waals surface area (Å²) >= 11 is 11.4. The first-order valence-electron chi connectivity index (χ1n) is 4.49. The third-order valence-electron chi connectivity index (χ3n) is 1.66. The molecule has 0 unspecified atom stereocenters. The third-order valence-corrected chi connectivity index (χ3v) is 3.62. The first-order chi connectivity index (χ1) is 7.83. The standard InChI is InChI=1S/C9H11Cl2N3O2S/c1-14(2)6-12-13-17(15,16)7-3-4-8(10)9(11)5-7/h3-6,13H,1-2H3/b12-6-. The van der Waals surface area contributed by atoms with Crippen molar-refractivity contribution >= 4 is 39.6 Å². The minimum Gasteiger partial charge on any atom is -0.367 e. The van der Waals surface area contributed by atoms with E-state index in [4.69, 9.17) is 23.2 Å². The summed E-state index contributed by atoms with van der Waals surface area (Å²) in [5.74, 6) is 0. The molecule has 8 heteroatoms. The van der Waals surface area contributed by atoms with Crippen LogP contribution in [0.15, 0.2) is 28.2 Å². The van der Waals surface area contributed by atoms with Crippen molar-refractivity contribution in [2.24, 2.45) is 5.10 Å². The topological polar surface area (TPSA) is 61.8 Å².